The van der Waals surface area contributed by atoms with Crippen molar-refractivity contribution in [2.24, 2.45) is 0 Å². The number of imidazole rings is 1. The normalized spacial score (nSPS) is 13.9. The van der Waals surface area contributed by atoms with Crippen molar-refractivity contribution in [3.05, 3.63) is 53.3 Å². The molecule has 1 aliphatic heterocycles. The average molecular weight is 394 g/mol. The van der Waals surface area contributed by atoms with Crippen LogP contribution in [0.1, 0.15) is 23.4 Å². The van der Waals surface area contributed by atoms with Gasteiger partial charge in [0, 0.05) is 25.1 Å². The first kappa shape index (κ1) is 19.1. The number of rotatable bonds is 4. The Morgan fingerprint density at radius 3 is 3.10 bits per heavy atom. The van der Waals surface area contributed by atoms with Gasteiger partial charge in [-0.25, -0.2) is 9.78 Å². The summed E-state index contributed by atoms with van der Waals surface area (Å²) in [6, 6.07) is 11.8. The molecule has 1 aliphatic rings. The predicted molar refractivity (Wildman–Crippen MR) is 111 cm³/mol. The first-order valence-electron chi connectivity index (χ1n) is 9.91. The first-order valence-corrected chi connectivity index (χ1v) is 9.91. The largest absolute Gasteiger partial charge is 0.493 e. The number of urea groups is 1. The van der Waals surface area contributed by atoms with E-state index in [4.69, 9.17) is 9.47 Å². The van der Waals surface area contributed by atoms with Crippen molar-refractivity contribution in [3.8, 4) is 11.5 Å². The third kappa shape index (κ3) is 4.29. The van der Waals surface area contributed by atoms with Crippen LogP contribution in [0.15, 0.2) is 36.4 Å². The molecule has 2 N–H and O–H groups in total. The molecule has 0 spiro atoms. The van der Waals surface area contributed by atoms with Gasteiger partial charge in [0.05, 0.1) is 31.3 Å². The predicted octanol–water partition coefficient (Wildman–Crippen LogP) is 3.42. The van der Waals surface area contributed by atoms with Crippen molar-refractivity contribution < 1.29 is 14.3 Å². The molecule has 7 heteroatoms. The fraction of sp³-hybridized carbons (Fsp3) is 0.364. The number of amides is 2. The highest BCUT2D eigenvalue weighted by Crippen LogP contribution is 2.33. The second-order valence-corrected chi connectivity index (χ2v) is 7.26. The second kappa shape index (κ2) is 8.43. The third-order valence-corrected chi connectivity index (χ3v) is 5.07. The van der Waals surface area contributed by atoms with Crippen molar-refractivity contribution in [2.45, 2.75) is 26.3 Å². The summed E-state index contributed by atoms with van der Waals surface area (Å²) >= 11 is 0. The number of carbonyl (C=O) groups excluding carboxylic acids is 1. The van der Waals surface area contributed by atoms with E-state index in [2.05, 4.69) is 28.3 Å². The topological polar surface area (TPSA) is 79.5 Å². The minimum Gasteiger partial charge on any atom is -0.493 e. The van der Waals surface area contributed by atoms with E-state index < -0.39 is 0 Å². The number of H-pyrrole nitrogens is 1. The molecule has 4 rings (SSSR count). The number of nitrogens with zero attached hydrogens (tertiary/aromatic N) is 2. The highest BCUT2D eigenvalue weighted by atomic mass is 16.5. The van der Waals surface area contributed by atoms with Crippen molar-refractivity contribution in [3.63, 3.8) is 0 Å². The van der Waals surface area contributed by atoms with Gasteiger partial charge in [0.1, 0.15) is 5.82 Å². The summed E-state index contributed by atoms with van der Waals surface area (Å²) < 4.78 is 11.3. The molecule has 0 aliphatic carbocycles. The molecule has 0 radical (unpaired) electrons. The Bertz CT molecular complexity index is 1010. The number of aromatic amines is 1. The van der Waals surface area contributed by atoms with Crippen molar-refractivity contribution >= 4 is 17.1 Å². The average Bonchev–Trinajstić information content (AvgIpc) is 3.09. The first-order chi connectivity index (χ1) is 14.1. The highest BCUT2D eigenvalue weighted by Gasteiger charge is 2.20. The zero-order chi connectivity index (χ0) is 20.2. The van der Waals surface area contributed by atoms with E-state index in [-0.39, 0.29) is 6.03 Å². The van der Waals surface area contributed by atoms with Crippen LogP contribution in [0.4, 0.5) is 4.79 Å². The van der Waals surface area contributed by atoms with Gasteiger partial charge in [0.25, 0.3) is 0 Å². The molecule has 7 nitrogen and oxygen atoms in total. The zero-order valence-corrected chi connectivity index (χ0v) is 16.8. The lowest BCUT2D eigenvalue weighted by Gasteiger charge is -2.27. The van der Waals surface area contributed by atoms with Crippen molar-refractivity contribution in [2.75, 3.05) is 26.8 Å². The summed E-state index contributed by atoms with van der Waals surface area (Å²) in [6.45, 7) is 4.27. The molecule has 2 aromatic carbocycles. The van der Waals surface area contributed by atoms with E-state index in [0.717, 1.165) is 34.6 Å². The Morgan fingerprint density at radius 1 is 1.34 bits per heavy atom. The molecule has 2 heterocycles. The Kier molecular flexibility index (Phi) is 5.55. The molecule has 29 heavy (non-hydrogen) atoms. The van der Waals surface area contributed by atoms with Crippen LogP contribution in [-0.2, 0) is 13.0 Å². The summed E-state index contributed by atoms with van der Waals surface area (Å²) in [5.41, 5.74) is 4.12. The van der Waals surface area contributed by atoms with Gasteiger partial charge in [-0.1, -0.05) is 18.2 Å². The summed E-state index contributed by atoms with van der Waals surface area (Å²) in [7, 11) is 1.63. The number of para-hydroxylation sites is 1. The second-order valence-electron chi connectivity index (χ2n) is 7.26. The lowest BCUT2D eigenvalue weighted by atomic mass is 10.1. The lowest BCUT2D eigenvalue weighted by molar-refractivity contribution is 0.180. The van der Waals surface area contributed by atoms with E-state index in [1.54, 1.807) is 7.11 Å². The molecule has 152 valence electrons. The Labute approximate surface area is 170 Å². The molecule has 0 saturated heterocycles. The Hall–Kier alpha value is -3.22. The molecule has 0 fully saturated rings. The molecule has 1 aromatic heterocycles. The highest BCUT2D eigenvalue weighted by molar-refractivity contribution is 5.76. The van der Waals surface area contributed by atoms with Crippen LogP contribution in [-0.4, -0.2) is 47.7 Å². The Morgan fingerprint density at radius 2 is 2.24 bits per heavy atom. The maximum Gasteiger partial charge on any atom is 0.317 e. The van der Waals surface area contributed by atoms with Crippen LogP contribution in [0.5, 0.6) is 11.5 Å². The minimum atomic E-state index is -0.0763. The quantitative estimate of drug-likeness (QED) is 0.711. The SMILES string of the molecule is COc1cccc2c1OCCCN(C(=O)NCCc1nc3ccc(C)cc3[nH]1)C2. The van der Waals surface area contributed by atoms with Gasteiger partial charge in [-0.3, -0.25) is 0 Å². The van der Waals surface area contributed by atoms with Gasteiger partial charge < -0.3 is 24.7 Å². The van der Waals surface area contributed by atoms with Gasteiger partial charge in [-0.2, -0.15) is 0 Å². The maximum absolute atomic E-state index is 12.7. The molecule has 2 amide bonds. The van der Waals surface area contributed by atoms with Crippen LogP contribution in [0.2, 0.25) is 0 Å². The van der Waals surface area contributed by atoms with Crippen LogP contribution in [0, 0.1) is 6.92 Å². The van der Waals surface area contributed by atoms with Crippen molar-refractivity contribution in [1.29, 1.82) is 0 Å². The van der Waals surface area contributed by atoms with Gasteiger partial charge in [-0.15, -0.1) is 0 Å². The fourth-order valence-corrected chi connectivity index (χ4v) is 3.59. The number of hydrogen-bond acceptors (Lipinski definition) is 4. The monoisotopic (exact) mass is 394 g/mol. The number of nitrogens with one attached hydrogen (secondary N) is 2. The molecular formula is C22H26N4O3. The van der Waals surface area contributed by atoms with Crippen molar-refractivity contribution in [1.82, 2.24) is 20.2 Å². The van der Waals surface area contributed by atoms with Crippen LogP contribution in [0.25, 0.3) is 11.0 Å². The number of aryl methyl sites for hydroxylation is 1. The van der Waals surface area contributed by atoms with Crippen LogP contribution in [0.3, 0.4) is 0 Å². The number of fused-ring (bicyclic) bond motifs is 2. The molecular weight excluding hydrogens is 368 g/mol. The van der Waals surface area contributed by atoms with E-state index in [9.17, 15) is 4.79 Å². The molecule has 3 aromatic rings. The number of carbonyl (C=O) groups is 1. The van der Waals surface area contributed by atoms with Gasteiger partial charge in [0.15, 0.2) is 11.5 Å². The molecule has 0 saturated carbocycles. The van der Waals surface area contributed by atoms with E-state index in [0.29, 0.717) is 38.4 Å². The van der Waals surface area contributed by atoms with Crippen LogP contribution >= 0.6 is 0 Å². The van der Waals surface area contributed by atoms with E-state index in [1.165, 1.54) is 5.56 Å². The third-order valence-electron chi connectivity index (χ3n) is 5.07. The van der Waals surface area contributed by atoms with E-state index in [1.807, 2.05) is 35.2 Å². The fourth-order valence-electron chi connectivity index (χ4n) is 3.59. The molecule has 0 atom stereocenters. The lowest BCUT2D eigenvalue weighted by Crippen LogP contribution is -2.42. The summed E-state index contributed by atoms with van der Waals surface area (Å²) in [5.74, 6) is 2.30. The number of benzene rings is 2. The maximum atomic E-state index is 12.7. The van der Waals surface area contributed by atoms with Gasteiger partial charge in [0.2, 0.25) is 0 Å². The number of ether oxygens (including phenoxy) is 2. The zero-order valence-electron chi connectivity index (χ0n) is 16.8. The Balaban J connectivity index is 1.38. The smallest absolute Gasteiger partial charge is 0.317 e. The van der Waals surface area contributed by atoms with E-state index >= 15 is 0 Å². The number of aromatic nitrogens is 2. The number of hydrogen-bond donors (Lipinski definition) is 2. The summed E-state index contributed by atoms with van der Waals surface area (Å²) in [4.78, 5) is 22.5. The standard InChI is InChI=1S/C22H26N4O3/c1-15-7-8-17-18(13-15)25-20(24-17)9-10-23-22(27)26-11-4-12-29-21-16(14-26)5-3-6-19(21)28-2/h3,5-8,13H,4,9-12,14H2,1-2H3,(H,23,27)(H,24,25). The van der Waals surface area contributed by atoms with Crippen LogP contribution < -0.4 is 14.8 Å². The summed E-state index contributed by atoms with van der Waals surface area (Å²) in [6.07, 6.45) is 1.43. The molecule has 0 unspecified atom stereocenters. The van der Waals surface area contributed by atoms with Gasteiger partial charge in [-0.05, 0) is 37.1 Å². The minimum absolute atomic E-state index is 0.0763. The molecule has 0 bridgehead atoms. The summed E-state index contributed by atoms with van der Waals surface area (Å²) in [5, 5.41) is 3.02. The number of methoxy groups -OCH3 is 1. The van der Waals surface area contributed by atoms with Gasteiger partial charge >= 0.3 is 6.03 Å².